The summed E-state index contributed by atoms with van der Waals surface area (Å²) >= 11 is 0. The number of methoxy groups -OCH3 is 1. The fourth-order valence-electron chi connectivity index (χ4n) is 3.84. The van der Waals surface area contributed by atoms with Crippen molar-refractivity contribution in [1.29, 1.82) is 0 Å². The van der Waals surface area contributed by atoms with Gasteiger partial charge in [0.2, 0.25) is 5.91 Å². The molecule has 1 heterocycles. The van der Waals surface area contributed by atoms with Crippen LogP contribution >= 0.6 is 0 Å². The number of rotatable bonds is 17. The molecule has 0 aromatic carbocycles. The molecule has 1 saturated carbocycles. The number of amides is 1. The second-order valence-electron chi connectivity index (χ2n) is 10.5. The van der Waals surface area contributed by atoms with E-state index < -0.39 is 11.7 Å². The molecule has 1 aromatic rings. The van der Waals surface area contributed by atoms with Gasteiger partial charge in [-0.15, -0.1) is 0 Å². The molecule has 0 saturated heterocycles. The number of allylic oxidation sites excluding steroid dienone is 5. The van der Waals surface area contributed by atoms with Gasteiger partial charge in [-0.3, -0.25) is 9.78 Å². The molecule has 11 heteroatoms. The van der Waals surface area contributed by atoms with Gasteiger partial charge in [0.05, 0.1) is 37.5 Å². The highest BCUT2D eigenvalue weighted by Crippen LogP contribution is 2.29. The maximum Gasteiger partial charge on any atom is 0.416 e. The van der Waals surface area contributed by atoms with Gasteiger partial charge in [0.1, 0.15) is 5.75 Å². The van der Waals surface area contributed by atoms with Gasteiger partial charge in [0.15, 0.2) is 0 Å². The van der Waals surface area contributed by atoms with Crippen LogP contribution in [-0.2, 0) is 4.79 Å². The molecule has 1 unspecified atom stereocenters. The van der Waals surface area contributed by atoms with Crippen LogP contribution in [0.15, 0.2) is 96.6 Å². The third kappa shape index (κ3) is 13.6. The first-order valence-electron chi connectivity index (χ1n) is 13.9. The summed E-state index contributed by atoms with van der Waals surface area (Å²) in [7, 11) is 1.54. The van der Waals surface area contributed by atoms with E-state index in [4.69, 9.17) is 16.3 Å². The van der Waals surface area contributed by atoms with Crippen molar-refractivity contribution in [2.24, 2.45) is 17.5 Å². The topological polar surface area (TPSA) is 119 Å². The van der Waals surface area contributed by atoms with Gasteiger partial charge in [-0.1, -0.05) is 56.0 Å². The van der Waals surface area contributed by atoms with Gasteiger partial charge >= 0.3 is 6.18 Å². The number of hydrazine groups is 1. The summed E-state index contributed by atoms with van der Waals surface area (Å²) in [5, 5.41) is 7.32. The van der Waals surface area contributed by atoms with Gasteiger partial charge in [-0.25, -0.2) is 5.84 Å². The molecule has 1 amide bonds. The van der Waals surface area contributed by atoms with Crippen LogP contribution in [0.1, 0.15) is 38.7 Å². The maximum absolute atomic E-state index is 13.7. The van der Waals surface area contributed by atoms with Crippen LogP contribution in [0.5, 0.6) is 5.75 Å². The Balaban J connectivity index is 1.97. The Bertz CT molecular complexity index is 1280. The van der Waals surface area contributed by atoms with Crippen molar-refractivity contribution >= 4 is 11.6 Å². The number of aromatic nitrogens is 1. The van der Waals surface area contributed by atoms with E-state index in [-0.39, 0.29) is 30.4 Å². The largest absolute Gasteiger partial charge is 0.495 e. The Labute approximate surface area is 252 Å². The van der Waals surface area contributed by atoms with Gasteiger partial charge < -0.3 is 26.1 Å². The molecule has 234 valence electrons. The summed E-state index contributed by atoms with van der Waals surface area (Å²) in [5.74, 6) is 5.98. The number of halogens is 3. The first-order valence-corrected chi connectivity index (χ1v) is 13.9. The van der Waals surface area contributed by atoms with Crippen molar-refractivity contribution in [1.82, 2.24) is 20.6 Å². The zero-order chi connectivity index (χ0) is 32.0. The molecule has 0 radical (unpaired) electrons. The number of nitrogens with one attached hydrogen (secondary N) is 2. The van der Waals surface area contributed by atoms with E-state index in [2.05, 4.69) is 28.8 Å². The van der Waals surface area contributed by atoms with Crippen LogP contribution in [-0.4, -0.2) is 54.9 Å². The molecule has 1 aliphatic carbocycles. The lowest BCUT2D eigenvalue weighted by atomic mass is 10.0. The highest BCUT2D eigenvalue weighted by Gasteiger charge is 2.32. The Hall–Kier alpha value is -4.09. The predicted octanol–water partition coefficient (Wildman–Crippen LogP) is 5.08. The fourth-order valence-corrected chi connectivity index (χ4v) is 3.84. The number of ether oxygens (including phenoxy) is 1. The van der Waals surface area contributed by atoms with E-state index in [0.717, 1.165) is 24.5 Å². The van der Waals surface area contributed by atoms with Crippen LogP contribution in [0.4, 0.5) is 13.2 Å². The Morgan fingerprint density at radius 2 is 1.93 bits per heavy atom. The van der Waals surface area contributed by atoms with Crippen molar-refractivity contribution in [3.8, 4) is 5.75 Å². The van der Waals surface area contributed by atoms with E-state index in [1.807, 2.05) is 6.92 Å². The molecule has 1 fully saturated rings. The minimum atomic E-state index is -4.53. The Morgan fingerprint density at radius 3 is 2.53 bits per heavy atom. The number of nitrogens with zero attached hydrogens (tertiary/aromatic N) is 2. The molecule has 2 rings (SSSR count). The number of hydrogen-bond acceptors (Lipinski definition) is 7. The number of carbonyl (C=O) groups excluding carboxylic acids is 1. The van der Waals surface area contributed by atoms with Crippen LogP contribution in [0.3, 0.4) is 0 Å². The molecule has 1 aliphatic rings. The predicted molar refractivity (Wildman–Crippen MR) is 166 cm³/mol. The van der Waals surface area contributed by atoms with Crippen molar-refractivity contribution in [2.45, 2.75) is 45.3 Å². The van der Waals surface area contributed by atoms with E-state index in [0.29, 0.717) is 41.7 Å². The molecule has 43 heavy (non-hydrogen) atoms. The van der Waals surface area contributed by atoms with Crippen LogP contribution < -0.4 is 26.9 Å². The van der Waals surface area contributed by atoms with Crippen LogP contribution in [0.25, 0.3) is 5.70 Å². The molecular weight excluding hydrogens is 557 g/mol. The minimum Gasteiger partial charge on any atom is -0.495 e. The molecular formula is C32H43F3N6O2. The van der Waals surface area contributed by atoms with E-state index in [1.165, 1.54) is 24.3 Å². The maximum atomic E-state index is 13.7. The SMILES string of the molecule is C=C/C(=C\C=C(\C)CN(N)/C=C(\N)c1cncc(OC)c1)CC(=O)NC/C(C=C)=C/C(=C\C(C)CNC1CC1)C(F)(F)F. The monoisotopic (exact) mass is 600 g/mol. The molecule has 8 nitrogen and oxygen atoms in total. The first-order chi connectivity index (χ1) is 20.3. The third-order valence-corrected chi connectivity index (χ3v) is 6.42. The quantitative estimate of drug-likeness (QED) is 0.112. The summed E-state index contributed by atoms with van der Waals surface area (Å²) in [6, 6.07) is 2.16. The summed E-state index contributed by atoms with van der Waals surface area (Å²) in [5.41, 5.74) is 8.18. The average molecular weight is 601 g/mol. The lowest BCUT2D eigenvalue weighted by Gasteiger charge is -2.15. The Morgan fingerprint density at radius 1 is 1.23 bits per heavy atom. The van der Waals surface area contributed by atoms with E-state index >= 15 is 0 Å². The molecule has 0 spiro atoms. The average Bonchev–Trinajstić information content (AvgIpc) is 3.79. The smallest absolute Gasteiger partial charge is 0.416 e. The summed E-state index contributed by atoms with van der Waals surface area (Å²) in [6.45, 7) is 11.7. The summed E-state index contributed by atoms with van der Waals surface area (Å²) < 4.78 is 46.2. The lowest BCUT2D eigenvalue weighted by molar-refractivity contribution is -0.120. The molecule has 6 N–H and O–H groups in total. The minimum absolute atomic E-state index is 0.00836. The van der Waals surface area contributed by atoms with Crippen molar-refractivity contribution in [2.75, 3.05) is 26.7 Å². The number of hydrogen-bond donors (Lipinski definition) is 4. The second kappa shape index (κ2) is 17.1. The molecule has 1 atom stereocenters. The Kier molecular flexibility index (Phi) is 14.0. The second-order valence-corrected chi connectivity index (χ2v) is 10.5. The number of alkyl halides is 3. The fraction of sp³-hybridized carbons (Fsp3) is 0.375. The van der Waals surface area contributed by atoms with Gasteiger partial charge in [-0.2, -0.15) is 13.2 Å². The van der Waals surface area contributed by atoms with Crippen molar-refractivity contribution in [3.63, 3.8) is 0 Å². The zero-order valence-corrected chi connectivity index (χ0v) is 25.1. The zero-order valence-electron chi connectivity index (χ0n) is 25.1. The molecule has 0 aliphatic heterocycles. The number of nitrogens with two attached hydrogens (primary N) is 2. The van der Waals surface area contributed by atoms with Gasteiger partial charge in [-0.05, 0) is 49.0 Å². The van der Waals surface area contributed by atoms with Crippen molar-refractivity contribution < 1.29 is 22.7 Å². The van der Waals surface area contributed by atoms with E-state index in [9.17, 15) is 18.0 Å². The first kappa shape index (κ1) is 35.1. The van der Waals surface area contributed by atoms with E-state index in [1.54, 1.807) is 49.8 Å². The van der Waals surface area contributed by atoms with Gasteiger partial charge in [0, 0.05) is 37.1 Å². The third-order valence-electron chi connectivity index (χ3n) is 6.42. The van der Waals surface area contributed by atoms with Crippen molar-refractivity contribution in [3.05, 3.63) is 102 Å². The van der Waals surface area contributed by atoms with Crippen LogP contribution in [0.2, 0.25) is 0 Å². The number of carbonyl (C=O) groups is 1. The van der Waals surface area contributed by atoms with Gasteiger partial charge in [0.25, 0.3) is 0 Å². The normalized spacial score (nSPS) is 16.0. The highest BCUT2D eigenvalue weighted by molar-refractivity contribution is 5.79. The molecule has 0 bridgehead atoms. The molecule has 1 aromatic heterocycles. The van der Waals surface area contributed by atoms with Crippen LogP contribution in [0, 0.1) is 5.92 Å². The summed E-state index contributed by atoms with van der Waals surface area (Å²) in [6.07, 6.45) is 11.0. The number of pyridine rings is 1. The summed E-state index contributed by atoms with van der Waals surface area (Å²) in [4.78, 5) is 16.7. The standard InChI is InChI=1S/C32H43F3N6O2/c1-6-24(9-8-22(3)20-41(37)21-30(36)26-15-29(43-5)19-38-18-26)14-31(42)40-17-25(7-2)13-27(32(33,34)35)12-23(4)16-39-28-10-11-28/h6-9,12-13,15,18-19,21,23,28,39H,1-2,10-11,14,16-17,20,36-37H2,3-5H3,(H,40,42)/b22-8-,24-9+,25-13+,27-12+,30-21-. The lowest BCUT2D eigenvalue weighted by Crippen LogP contribution is -2.28. The highest BCUT2D eigenvalue weighted by atomic mass is 19.4.